The number of rotatable bonds is 7. The zero-order valence-corrected chi connectivity index (χ0v) is 18.3. The summed E-state index contributed by atoms with van der Waals surface area (Å²) in [6.07, 6.45) is 0.460. The SMILES string of the molecule is COc1ccc(C(=O)N2CCN([C@H](CCC(=O)O)c3ccc(F)cc3)CC2)cc1Br. The van der Waals surface area contributed by atoms with Crippen molar-refractivity contribution in [3.8, 4) is 5.75 Å². The number of aliphatic carboxylic acids is 1. The number of carboxylic acid groups (broad SMARTS) is 1. The fourth-order valence-electron chi connectivity index (χ4n) is 3.72. The van der Waals surface area contributed by atoms with Crippen molar-refractivity contribution in [3.05, 3.63) is 63.9 Å². The maximum Gasteiger partial charge on any atom is 0.303 e. The Hall–Kier alpha value is -2.45. The summed E-state index contributed by atoms with van der Waals surface area (Å²) in [6.45, 7) is 2.30. The molecule has 0 aromatic heterocycles. The van der Waals surface area contributed by atoms with Crippen molar-refractivity contribution in [2.24, 2.45) is 0 Å². The van der Waals surface area contributed by atoms with E-state index in [2.05, 4.69) is 20.8 Å². The second-order valence-electron chi connectivity index (χ2n) is 7.18. The third-order valence-electron chi connectivity index (χ3n) is 5.33. The topological polar surface area (TPSA) is 70.1 Å². The molecule has 3 rings (SSSR count). The number of hydrogen-bond donors (Lipinski definition) is 1. The first-order valence-corrected chi connectivity index (χ1v) is 10.5. The van der Waals surface area contributed by atoms with Gasteiger partial charge in [0.25, 0.3) is 5.91 Å². The Morgan fingerprint density at radius 2 is 1.80 bits per heavy atom. The first-order valence-electron chi connectivity index (χ1n) is 9.73. The molecule has 1 saturated heterocycles. The van der Waals surface area contributed by atoms with Gasteiger partial charge < -0.3 is 14.7 Å². The van der Waals surface area contributed by atoms with E-state index in [1.165, 1.54) is 12.1 Å². The van der Waals surface area contributed by atoms with Crippen LogP contribution in [0.25, 0.3) is 0 Å². The van der Waals surface area contributed by atoms with Crippen LogP contribution in [-0.4, -0.2) is 60.1 Å². The van der Waals surface area contributed by atoms with Gasteiger partial charge in [-0.15, -0.1) is 0 Å². The molecule has 0 unspecified atom stereocenters. The monoisotopic (exact) mass is 478 g/mol. The van der Waals surface area contributed by atoms with E-state index in [1.54, 1.807) is 42.3 Å². The van der Waals surface area contributed by atoms with Crippen LogP contribution in [0.15, 0.2) is 46.9 Å². The molecular formula is C22H24BrFN2O4. The Labute approximate surface area is 183 Å². The molecule has 1 fully saturated rings. The molecule has 8 heteroatoms. The Balaban J connectivity index is 1.68. The lowest BCUT2D eigenvalue weighted by Gasteiger charge is -2.39. The highest BCUT2D eigenvalue weighted by Gasteiger charge is 2.28. The van der Waals surface area contributed by atoms with Gasteiger partial charge in [-0.1, -0.05) is 12.1 Å². The number of carboxylic acids is 1. The number of methoxy groups -OCH3 is 1. The quantitative estimate of drug-likeness (QED) is 0.651. The zero-order chi connectivity index (χ0) is 21.7. The van der Waals surface area contributed by atoms with Crippen molar-refractivity contribution < 1.29 is 23.8 Å². The molecule has 30 heavy (non-hydrogen) atoms. The lowest BCUT2D eigenvalue weighted by molar-refractivity contribution is -0.137. The summed E-state index contributed by atoms with van der Waals surface area (Å²) in [4.78, 5) is 27.9. The zero-order valence-electron chi connectivity index (χ0n) is 16.7. The average Bonchev–Trinajstić information content (AvgIpc) is 2.74. The van der Waals surface area contributed by atoms with Crippen molar-refractivity contribution >= 4 is 27.8 Å². The molecule has 0 saturated carbocycles. The van der Waals surface area contributed by atoms with Crippen molar-refractivity contribution in [2.45, 2.75) is 18.9 Å². The Bertz CT molecular complexity index is 899. The Morgan fingerprint density at radius 1 is 1.13 bits per heavy atom. The first kappa shape index (κ1) is 22.2. The van der Waals surface area contributed by atoms with Gasteiger partial charge >= 0.3 is 5.97 Å². The minimum atomic E-state index is -0.860. The number of nitrogens with zero attached hydrogens (tertiary/aromatic N) is 2. The van der Waals surface area contributed by atoms with E-state index in [1.807, 2.05) is 0 Å². The largest absolute Gasteiger partial charge is 0.496 e. The summed E-state index contributed by atoms with van der Waals surface area (Å²) in [5, 5.41) is 9.11. The van der Waals surface area contributed by atoms with Gasteiger partial charge in [0.1, 0.15) is 11.6 Å². The van der Waals surface area contributed by atoms with Gasteiger partial charge in [-0.05, 0) is 58.2 Å². The van der Waals surface area contributed by atoms with Crippen molar-refractivity contribution in [1.82, 2.24) is 9.80 Å². The molecule has 1 N–H and O–H groups in total. The van der Waals surface area contributed by atoms with Gasteiger partial charge in [0.2, 0.25) is 0 Å². The van der Waals surface area contributed by atoms with Crippen LogP contribution >= 0.6 is 15.9 Å². The van der Waals surface area contributed by atoms with E-state index >= 15 is 0 Å². The molecule has 160 valence electrons. The van der Waals surface area contributed by atoms with E-state index in [4.69, 9.17) is 9.84 Å². The highest BCUT2D eigenvalue weighted by molar-refractivity contribution is 9.10. The predicted molar refractivity (Wildman–Crippen MR) is 114 cm³/mol. The number of carbonyl (C=O) groups excluding carboxylic acids is 1. The van der Waals surface area contributed by atoms with Crippen LogP contribution in [0.5, 0.6) is 5.75 Å². The van der Waals surface area contributed by atoms with Gasteiger partial charge in [0.05, 0.1) is 11.6 Å². The number of piperazine rings is 1. The van der Waals surface area contributed by atoms with Crippen LogP contribution in [0.3, 0.4) is 0 Å². The molecule has 1 atom stereocenters. The molecule has 0 radical (unpaired) electrons. The van der Waals surface area contributed by atoms with Crippen LogP contribution in [0.1, 0.15) is 34.8 Å². The van der Waals surface area contributed by atoms with Gasteiger partial charge in [0.15, 0.2) is 0 Å². The number of amides is 1. The standard InChI is InChI=1S/C22H24BrFN2O4/c1-30-20-8-4-16(14-18(20)23)22(29)26-12-10-25(11-13-26)19(7-9-21(27)28)15-2-5-17(24)6-3-15/h2-6,8,14,19H,7,9-13H2,1H3,(H,27,28)/t19-/m1/s1. The van der Waals surface area contributed by atoms with Crippen LogP contribution in [0.2, 0.25) is 0 Å². The molecule has 2 aromatic carbocycles. The molecule has 1 aliphatic rings. The summed E-state index contributed by atoms with van der Waals surface area (Å²) >= 11 is 3.41. The molecule has 1 heterocycles. The second kappa shape index (κ2) is 10.0. The van der Waals surface area contributed by atoms with Crippen molar-refractivity contribution in [1.29, 1.82) is 0 Å². The van der Waals surface area contributed by atoms with Crippen molar-refractivity contribution in [3.63, 3.8) is 0 Å². The number of halogens is 2. The van der Waals surface area contributed by atoms with E-state index < -0.39 is 5.97 Å². The lowest BCUT2D eigenvalue weighted by atomic mass is 9.99. The van der Waals surface area contributed by atoms with Crippen molar-refractivity contribution in [2.75, 3.05) is 33.3 Å². The van der Waals surface area contributed by atoms with Gasteiger partial charge in [-0.2, -0.15) is 0 Å². The summed E-state index contributed by atoms with van der Waals surface area (Å²) in [5.74, 6) is -0.573. The highest BCUT2D eigenvalue weighted by atomic mass is 79.9. The van der Waals surface area contributed by atoms with Gasteiger partial charge in [-0.25, -0.2) is 4.39 Å². The van der Waals surface area contributed by atoms with E-state index in [-0.39, 0.29) is 24.2 Å². The summed E-state index contributed by atoms with van der Waals surface area (Å²) in [6, 6.07) is 11.3. The van der Waals surface area contributed by atoms with Crippen LogP contribution in [-0.2, 0) is 4.79 Å². The molecule has 6 nitrogen and oxygen atoms in total. The second-order valence-corrected chi connectivity index (χ2v) is 8.03. The normalized spacial score (nSPS) is 15.6. The fraction of sp³-hybridized carbons (Fsp3) is 0.364. The van der Waals surface area contributed by atoms with Crippen LogP contribution in [0.4, 0.5) is 4.39 Å². The summed E-state index contributed by atoms with van der Waals surface area (Å²) < 4.78 is 19.3. The summed E-state index contributed by atoms with van der Waals surface area (Å²) in [7, 11) is 1.57. The maximum absolute atomic E-state index is 13.3. The number of carbonyl (C=O) groups is 2. The lowest BCUT2D eigenvalue weighted by Crippen LogP contribution is -2.49. The van der Waals surface area contributed by atoms with E-state index in [0.717, 1.165) is 10.0 Å². The predicted octanol–water partition coefficient (Wildman–Crippen LogP) is 3.96. The highest BCUT2D eigenvalue weighted by Crippen LogP contribution is 2.29. The van der Waals surface area contributed by atoms with Gasteiger partial charge in [-0.3, -0.25) is 14.5 Å². The van der Waals surface area contributed by atoms with Crippen LogP contribution < -0.4 is 4.74 Å². The molecule has 1 aliphatic heterocycles. The minimum Gasteiger partial charge on any atom is -0.496 e. The van der Waals surface area contributed by atoms with E-state index in [9.17, 15) is 14.0 Å². The Kier molecular flexibility index (Phi) is 7.44. The average molecular weight is 479 g/mol. The molecule has 2 aromatic rings. The Morgan fingerprint density at radius 3 is 2.37 bits per heavy atom. The first-order chi connectivity index (χ1) is 14.4. The molecule has 0 bridgehead atoms. The maximum atomic E-state index is 13.3. The fourth-order valence-corrected chi connectivity index (χ4v) is 4.26. The molecular weight excluding hydrogens is 455 g/mol. The minimum absolute atomic E-state index is 0.0288. The van der Waals surface area contributed by atoms with E-state index in [0.29, 0.717) is 43.9 Å². The molecule has 1 amide bonds. The number of benzene rings is 2. The molecule has 0 aliphatic carbocycles. The number of hydrogen-bond acceptors (Lipinski definition) is 4. The molecule has 0 spiro atoms. The summed E-state index contributed by atoms with van der Waals surface area (Å²) in [5.41, 5.74) is 1.47. The third-order valence-corrected chi connectivity index (χ3v) is 5.95. The van der Waals surface area contributed by atoms with Gasteiger partial charge in [0, 0.05) is 44.2 Å². The smallest absolute Gasteiger partial charge is 0.303 e. The third kappa shape index (κ3) is 5.37. The number of ether oxygens (including phenoxy) is 1. The van der Waals surface area contributed by atoms with Crippen LogP contribution in [0, 0.1) is 5.82 Å².